The Balaban J connectivity index is 2.00. The number of hydrogen-bond donors (Lipinski definition) is 1. The molecule has 0 fully saturated rings. The lowest BCUT2D eigenvalue weighted by Crippen LogP contribution is -1.99. The van der Waals surface area contributed by atoms with Crippen molar-refractivity contribution in [2.45, 2.75) is 20.1 Å². The molecule has 2 nitrogen and oxygen atoms in total. The average molecular weight is 227 g/mol. The number of para-hydroxylation sites is 1. The summed E-state index contributed by atoms with van der Waals surface area (Å²) >= 11 is 0. The summed E-state index contributed by atoms with van der Waals surface area (Å²) in [6, 6.07) is 16.2. The van der Waals surface area contributed by atoms with Gasteiger partial charge in [-0.2, -0.15) is 0 Å². The predicted octanol–water partition coefficient (Wildman–Crippen LogP) is 3.03. The third-order valence-corrected chi connectivity index (χ3v) is 2.75. The van der Waals surface area contributed by atoms with Crippen LogP contribution in [0, 0.1) is 6.92 Å². The number of hydrogen-bond acceptors (Lipinski definition) is 2. The lowest BCUT2D eigenvalue weighted by molar-refractivity contribution is 0.304. The molecule has 2 aromatic carbocycles. The molecule has 0 atom stereocenters. The molecule has 0 aliphatic carbocycles. The maximum atomic E-state index is 5.77. The van der Waals surface area contributed by atoms with Gasteiger partial charge in [-0.05, 0) is 29.7 Å². The van der Waals surface area contributed by atoms with Crippen molar-refractivity contribution in [3.8, 4) is 5.75 Å². The highest BCUT2D eigenvalue weighted by Gasteiger charge is 1.99. The highest BCUT2D eigenvalue weighted by molar-refractivity contribution is 5.32. The Labute approximate surface area is 102 Å². The van der Waals surface area contributed by atoms with Gasteiger partial charge in [0.05, 0.1) is 0 Å². The van der Waals surface area contributed by atoms with E-state index in [0.717, 1.165) is 22.4 Å². The molecule has 17 heavy (non-hydrogen) atoms. The van der Waals surface area contributed by atoms with Crippen LogP contribution in [0.25, 0.3) is 0 Å². The Morgan fingerprint density at radius 3 is 2.24 bits per heavy atom. The van der Waals surface area contributed by atoms with Gasteiger partial charge in [0.2, 0.25) is 0 Å². The lowest BCUT2D eigenvalue weighted by atomic mass is 10.1. The summed E-state index contributed by atoms with van der Waals surface area (Å²) in [4.78, 5) is 0. The van der Waals surface area contributed by atoms with E-state index in [4.69, 9.17) is 10.5 Å². The highest BCUT2D eigenvalue weighted by Crippen LogP contribution is 2.17. The van der Waals surface area contributed by atoms with Gasteiger partial charge in [-0.3, -0.25) is 0 Å². The molecule has 2 aromatic rings. The maximum absolute atomic E-state index is 5.77. The second kappa shape index (κ2) is 5.51. The largest absolute Gasteiger partial charge is 0.489 e. The zero-order chi connectivity index (χ0) is 12.1. The van der Waals surface area contributed by atoms with E-state index in [2.05, 4.69) is 12.1 Å². The molecule has 0 amide bonds. The Kier molecular flexibility index (Phi) is 3.78. The van der Waals surface area contributed by atoms with Crippen LogP contribution >= 0.6 is 0 Å². The first-order valence-corrected chi connectivity index (χ1v) is 5.76. The minimum absolute atomic E-state index is 0.582. The van der Waals surface area contributed by atoms with Crippen LogP contribution in [0.4, 0.5) is 0 Å². The Morgan fingerprint density at radius 2 is 1.59 bits per heavy atom. The van der Waals surface area contributed by atoms with Crippen molar-refractivity contribution in [3.63, 3.8) is 0 Å². The van der Waals surface area contributed by atoms with Gasteiger partial charge in [-0.1, -0.05) is 42.5 Å². The van der Waals surface area contributed by atoms with Gasteiger partial charge in [0.1, 0.15) is 12.4 Å². The normalized spacial score (nSPS) is 10.2. The predicted molar refractivity (Wildman–Crippen MR) is 69.8 cm³/mol. The second-order valence-electron chi connectivity index (χ2n) is 4.07. The minimum Gasteiger partial charge on any atom is -0.489 e. The van der Waals surface area contributed by atoms with Gasteiger partial charge in [0, 0.05) is 6.54 Å². The molecule has 0 spiro atoms. The smallest absolute Gasteiger partial charge is 0.122 e. The Hall–Kier alpha value is -1.80. The quantitative estimate of drug-likeness (QED) is 0.871. The summed E-state index contributed by atoms with van der Waals surface area (Å²) in [5, 5.41) is 0. The standard InChI is InChI=1S/C15H17NO/c1-12-4-2-3-5-15(12)17-11-14-8-6-13(10-16)7-9-14/h2-9H,10-11,16H2,1H3. The Bertz CT molecular complexity index is 477. The average Bonchev–Trinajstić information content (AvgIpc) is 2.38. The van der Waals surface area contributed by atoms with Crippen LogP contribution in [0.5, 0.6) is 5.75 Å². The summed E-state index contributed by atoms with van der Waals surface area (Å²) in [5.41, 5.74) is 9.01. The SMILES string of the molecule is Cc1ccccc1OCc1ccc(CN)cc1. The van der Waals surface area contributed by atoms with Crippen LogP contribution in [-0.4, -0.2) is 0 Å². The fraction of sp³-hybridized carbons (Fsp3) is 0.200. The fourth-order valence-electron chi connectivity index (χ4n) is 1.65. The molecule has 0 aliphatic heterocycles. The summed E-state index contributed by atoms with van der Waals surface area (Å²) in [6.07, 6.45) is 0. The van der Waals surface area contributed by atoms with E-state index in [1.807, 2.05) is 43.3 Å². The molecular weight excluding hydrogens is 210 g/mol. The molecule has 0 aromatic heterocycles. The molecule has 0 aliphatic rings. The van der Waals surface area contributed by atoms with Crippen molar-refractivity contribution in [1.82, 2.24) is 0 Å². The summed E-state index contributed by atoms with van der Waals surface area (Å²) in [5.74, 6) is 0.940. The van der Waals surface area contributed by atoms with Crippen molar-refractivity contribution in [3.05, 3.63) is 65.2 Å². The van der Waals surface area contributed by atoms with Crippen molar-refractivity contribution in [2.24, 2.45) is 5.73 Å². The number of nitrogens with two attached hydrogens (primary N) is 1. The van der Waals surface area contributed by atoms with Crippen LogP contribution in [0.2, 0.25) is 0 Å². The topological polar surface area (TPSA) is 35.2 Å². The van der Waals surface area contributed by atoms with E-state index in [9.17, 15) is 0 Å². The molecule has 0 saturated heterocycles. The molecule has 0 saturated carbocycles. The number of rotatable bonds is 4. The first kappa shape index (κ1) is 11.7. The highest BCUT2D eigenvalue weighted by atomic mass is 16.5. The molecule has 0 bridgehead atoms. The van der Waals surface area contributed by atoms with Gasteiger partial charge in [-0.15, -0.1) is 0 Å². The molecule has 2 rings (SSSR count). The first-order chi connectivity index (χ1) is 8.29. The van der Waals surface area contributed by atoms with Crippen LogP contribution in [0.3, 0.4) is 0 Å². The molecular formula is C15H17NO. The van der Waals surface area contributed by atoms with Crippen LogP contribution in [0.15, 0.2) is 48.5 Å². The Morgan fingerprint density at radius 1 is 0.941 bits per heavy atom. The molecule has 0 radical (unpaired) electrons. The van der Waals surface area contributed by atoms with E-state index in [-0.39, 0.29) is 0 Å². The van der Waals surface area contributed by atoms with Gasteiger partial charge >= 0.3 is 0 Å². The van der Waals surface area contributed by atoms with E-state index < -0.39 is 0 Å². The zero-order valence-electron chi connectivity index (χ0n) is 10.0. The maximum Gasteiger partial charge on any atom is 0.122 e. The van der Waals surface area contributed by atoms with Gasteiger partial charge in [-0.25, -0.2) is 0 Å². The molecule has 0 unspecified atom stereocenters. The van der Waals surface area contributed by atoms with Crippen LogP contribution in [-0.2, 0) is 13.2 Å². The minimum atomic E-state index is 0.582. The van der Waals surface area contributed by atoms with Crippen LogP contribution < -0.4 is 10.5 Å². The molecule has 88 valence electrons. The second-order valence-corrected chi connectivity index (χ2v) is 4.07. The van der Waals surface area contributed by atoms with E-state index in [1.54, 1.807) is 0 Å². The van der Waals surface area contributed by atoms with Gasteiger partial charge in [0.15, 0.2) is 0 Å². The van der Waals surface area contributed by atoms with E-state index in [0.29, 0.717) is 13.2 Å². The van der Waals surface area contributed by atoms with Gasteiger partial charge < -0.3 is 10.5 Å². The van der Waals surface area contributed by atoms with Crippen molar-refractivity contribution < 1.29 is 4.74 Å². The van der Waals surface area contributed by atoms with E-state index in [1.165, 1.54) is 0 Å². The molecule has 0 heterocycles. The van der Waals surface area contributed by atoms with Crippen LogP contribution in [0.1, 0.15) is 16.7 Å². The monoisotopic (exact) mass is 227 g/mol. The number of benzene rings is 2. The third kappa shape index (κ3) is 3.08. The van der Waals surface area contributed by atoms with Crippen molar-refractivity contribution in [1.29, 1.82) is 0 Å². The molecule has 2 heteroatoms. The zero-order valence-corrected chi connectivity index (χ0v) is 10.0. The van der Waals surface area contributed by atoms with E-state index >= 15 is 0 Å². The summed E-state index contributed by atoms with van der Waals surface area (Å²) in [6.45, 7) is 3.22. The number of aryl methyl sites for hydroxylation is 1. The van der Waals surface area contributed by atoms with Crippen molar-refractivity contribution in [2.75, 3.05) is 0 Å². The summed E-state index contributed by atoms with van der Waals surface area (Å²) < 4.78 is 5.77. The fourth-order valence-corrected chi connectivity index (χ4v) is 1.65. The number of ether oxygens (including phenoxy) is 1. The van der Waals surface area contributed by atoms with Gasteiger partial charge in [0.25, 0.3) is 0 Å². The third-order valence-electron chi connectivity index (χ3n) is 2.75. The summed E-state index contributed by atoms with van der Waals surface area (Å²) in [7, 11) is 0. The first-order valence-electron chi connectivity index (χ1n) is 5.76. The van der Waals surface area contributed by atoms with Crippen molar-refractivity contribution >= 4 is 0 Å². The lowest BCUT2D eigenvalue weighted by Gasteiger charge is -2.09. The molecule has 2 N–H and O–H groups in total.